The van der Waals surface area contributed by atoms with E-state index in [-0.39, 0.29) is 6.61 Å². The average molecular weight is 287 g/mol. The first-order chi connectivity index (χ1) is 9.49. The molecule has 0 aliphatic carbocycles. The topological polar surface area (TPSA) is 52.7 Å². The lowest BCUT2D eigenvalue weighted by molar-refractivity contribution is 0.193. The van der Waals surface area contributed by atoms with Gasteiger partial charge in [0.25, 0.3) is 0 Å². The Bertz CT molecular complexity index is 218. The van der Waals surface area contributed by atoms with Gasteiger partial charge in [0.05, 0.1) is 6.61 Å². The number of hydrogen-bond donors (Lipinski definition) is 2. The van der Waals surface area contributed by atoms with Crippen LogP contribution in [0.15, 0.2) is 0 Å². The van der Waals surface area contributed by atoms with Gasteiger partial charge < -0.3 is 20.6 Å². The summed E-state index contributed by atoms with van der Waals surface area (Å²) in [5, 5.41) is 9.12. The molecule has 0 aliphatic heterocycles. The molecular weight excluding hydrogens is 250 g/mol. The molecule has 0 saturated carbocycles. The number of nitrogens with two attached hydrogens (primary N) is 1. The number of rotatable bonds is 13. The van der Waals surface area contributed by atoms with Crippen LogP contribution in [-0.2, 0) is 0 Å². The van der Waals surface area contributed by atoms with Crippen LogP contribution in [0.5, 0.6) is 0 Å². The van der Waals surface area contributed by atoms with Crippen molar-refractivity contribution in [3.05, 3.63) is 0 Å². The highest BCUT2D eigenvalue weighted by molar-refractivity contribution is 4.76. The second kappa shape index (κ2) is 11.5. The zero-order valence-electron chi connectivity index (χ0n) is 14.2. The molecule has 0 aliphatic rings. The fourth-order valence-electron chi connectivity index (χ4n) is 2.43. The molecule has 0 aromatic carbocycles. The van der Waals surface area contributed by atoms with E-state index >= 15 is 0 Å². The number of hydrogen-bond acceptors (Lipinski definition) is 4. The quantitative estimate of drug-likeness (QED) is 0.508. The molecule has 0 saturated heterocycles. The molecule has 0 amide bonds. The molecule has 20 heavy (non-hydrogen) atoms. The van der Waals surface area contributed by atoms with Crippen molar-refractivity contribution in [1.82, 2.24) is 9.80 Å². The first-order valence-corrected chi connectivity index (χ1v) is 8.33. The van der Waals surface area contributed by atoms with Crippen LogP contribution < -0.4 is 5.73 Å². The van der Waals surface area contributed by atoms with E-state index in [0.29, 0.717) is 0 Å². The Morgan fingerprint density at radius 1 is 0.850 bits per heavy atom. The van der Waals surface area contributed by atoms with Gasteiger partial charge in [0, 0.05) is 5.54 Å². The highest BCUT2D eigenvalue weighted by atomic mass is 16.3. The van der Waals surface area contributed by atoms with Crippen molar-refractivity contribution in [2.75, 3.05) is 45.9 Å². The van der Waals surface area contributed by atoms with Crippen LogP contribution in [0.2, 0.25) is 0 Å². The van der Waals surface area contributed by atoms with Gasteiger partial charge in [-0.05, 0) is 65.5 Å². The molecule has 1 atom stereocenters. The summed E-state index contributed by atoms with van der Waals surface area (Å²) in [5.41, 5.74) is 5.54. The molecule has 4 nitrogen and oxygen atoms in total. The van der Waals surface area contributed by atoms with Crippen molar-refractivity contribution in [1.29, 1.82) is 0 Å². The van der Waals surface area contributed by atoms with Gasteiger partial charge in [-0.25, -0.2) is 0 Å². The molecular formula is C16H37N3O. The monoisotopic (exact) mass is 287 g/mol. The maximum absolute atomic E-state index is 9.12. The number of aliphatic hydroxyl groups excluding tert-OH is 1. The van der Waals surface area contributed by atoms with Crippen molar-refractivity contribution in [3.63, 3.8) is 0 Å². The van der Waals surface area contributed by atoms with E-state index in [1.807, 2.05) is 6.92 Å². The normalized spacial score (nSPS) is 15.0. The van der Waals surface area contributed by atoms with Gasteiger partial charge >= 0.3 is 0 Å². The molecule has 3 N–H and O–H groups in total. The van der Waals surface area contributed by atoms with Gasteiger partial charge in [-0.3, -0.25) is 0 Å². The van der Waals surface area contributed by atoms with E-state index in [1.165, 1.54) is 25.9 Å². The van der Waals surface area contributed by atoms with Gasteiger partial charge in [0.1, 0.15) is 0 Å². The Hall–Kier alpha value is -0.160. The molecule has 0 bridgehead atoms. The third kappa shape index (κ3) is 9.70. The fourth-order valence-corrected chi connectivity index (χ4v) is 2.43. The molecule has 1 unspecified atom stereocenters. The van der Waals surface area contributed by atoms with Gasteiger partial charge in [-0.2, -0.15) is 0 Å². The van der Waals surface area contributed by atoms with E-state index < -0.39 is 5.54 Å². The highest BCUT2D eigenvalue weighted by Crippen LogP contribution is 2.10. The molecule has 0 heterocycles. The minimum absolute atomic E-state index is 0.0777. The molecule has 0 rings (SSSR count). The average Bonchev–Trinajstić information content (AvgIpc) is 2.45. The summed E-state index contributed by atoms with van der Waals surface area (Å²) in [6, 6.07) is 0. The summed E-state index contributed by atoms with van der Waals surface area (Å²) < 4.78 is 0. The smallest absolute Gasteiger partial charge is 0.0608 e. The third-order valence-electron chi connectivity index (χ3n) is 4.12. The maximum Gasteiger partial charge on any atom is 0.0608 e. The number of nitrogens with zero attached hydrogens (tertiary/aromatic N) is 2. The predicted octanol–water partition coefficient (Wildman–Crippen LogP) is 1.92. The predicted molar refractivity (Wildman–Crippen MR) is 88.0 cm³/mol. The number of unbranched alkanes of at least 4 members (excludes halogenated alkanes) is 1. The second-order valence-corrected chi connectivity index (χ2v) is 6.08. The van der Waals surface area contributed by atoms with Crippen molar-refractivity contribution in [2.24, 2.45) is 5.73 Å². The van der Waals surface area contributed by atoms with Crippen molar-refractivity contribution in [3.8, 4) is 0 Å². The fraction of sp³-hybridized carbons (Fsp3) is 1.00. The molecule has 0 fully saturated rings. The summed E-state index contributed by atoms with van der Waals surface area (Å²) >= 11 is 0. The Morgan fingerprint density at radius 3 is 1.85 bits per heavy atom. The molecule has 4 heteroatoms. The van der Waals surface area contributed by atoms with Crippen molar-refractivity contribution in [2.45, 2.75) is 58.9 Å². The summed E-state index contributed by atoms with van der Waals surface area (Å²) in [5.74, 6) is 0. The van der Waals surface area contributed by atoms with Crippen LogP contribution >= 0.6 is 0 Å². The summed E-state index contributed by atoms with van der Waals surface area (Å²) in [6.07, 6.45) is 4.42. The standard InChI is InChI=1S/C16H37N3O/c1-5-18(6-2)13-10-14-19(7-3)12-9-8-11-16(4,17)15-20/h20H,5-15,17H2,1-4H3. The van der Waals surface area contributed by atoms with E-state index in [1.54, 1.807) is 0 Å². The molecule has 0 radical (unpaired) electrons. The Balaban J connectivity index is 3.71. The maximum atomic E-state index is 9.12. The molecule has 0 spiro atoms. The van der Waals surface area contributed by atoms with E-state index in [0.717, 1.165) is 39.0 Å². The first kappa shape index (κ1) is 19.8. The van der Waals surface area contributed by atoms with Crippen LogP contribution in [0.3, 0.4) is 0 Å². The minimum atomic E-state index is -0.403. The summed E-state index contributed by atoms with van der Waals surface area (Å²) in [7, 11) is 0. The highest BCUT2D eigenvalue weighted by Gasteiger charge is 2.16. The third-order valence-corrected chi connectivity index (χ3v) is 4.12. The van der Waals surface area contributed by atoms with E-state index in [4.69, 9.17) is 10.8 Å². The van der Waals surface area contributed by atoms with E-state index in [2.05, 4.69) is 30.6 Å². The lowest BCUT2D eigenvalue weighted by atomic mass is 9.97. The van der Waals surface area contributed by atoms with Crippen LogP contribution in [0, 0.1) is 0 Å². The summed E-state index contributed by atoms with van der Waals surface area (Å²) in [4.78, 5) is 5.01. The van der Waals surface area contributed by atoms with Gasteiger partial charge in [0.15, 0.2) is 0 Å². The zero-order chi connectivity index (χ0) is 15.4. The summed E-state index contributed by atoms with van der Waals surface area (Å²) in [6.45, 7) is 15.7. The zero-order valence-corrected chi connectivity index (χ0v) is 14.2. The minimum Gasteiger partial charge on any atom is -0.394 e. The van der Waals surface area contributed by atoms with Crippen LogP contribution in [0.4, 0.5) is 0 Å². The van der Waals surface area contributed by atoms with Gasteiger partial charge in [0.2, 0.25) is 0 Å². The Labute approximate surface area is 126 Å². The first-order valence-electron chi connectivity index (χ1n) is 8.33. The van der Waals surface area contributed by atoms with Gasteiger partial charge in [-0.1, -0.05) is 27.2 Å². The Kier molecular flexibility index (Phi) is 11.4. The van der Waals surface area contributed by atoms with E-state index in [9.17, 15) is 0 Å². The molecule has 0 aromatic heterocycles. The van der Waals surface area contributed by atoms with Crippen molar-refractivity contribution < 1.29 is 5.11 Å². The lowest BCUT2D eigenvalue weighted by Crippen LogP contribution is -2.40. The second-order valence-electron chi connectivity index (χ2n) is 6.08. The largest absolute Gasteiger partial charge is 0.394 e. The van der Waals surface area contributed by atoms with Gasteiger partial charge in [-0.15, -0.1) is 0 Å². The number of aliphatic hydroxyl groups is 1. The SMILES string of the molecule is CCN(CC)CCCN(CC)CCCCC(C)(N)CO. The molecule has 0 aromatic rings. The molecule has 122 valence electrons. The van der Waals surface area contributed by atoms with Crippen LogP contribution in [-0.4, -0.2) is 66.3 Å². The van der Waals surface area contributed by atoms with Crippen molar-refractivity contribution >= 4 is 0 Å². The lowest BCUT2D eigenvalue weighted by Gasteiger charge is -2.25. The van der Waals surface area contributed by atoms with Crippen LogP contribution in [0.1, 0.15) is 53.4 Å². The van der Waals surface area contributed by atoms with Crippen LogP contribution in [0.25, 0.3) is 0 Å². The Morgan fingerprint density at radius 2 is 1.35 bits per heavy atom.